The lowest BCUT2D eigenvalue weighted by molar-refractivity contribution is 0.0964. The van der Waals surface area contributed by atoms with Crippen molar-refractivity contribution < 1.29 is 26.9 Å². The van der Waals surface area contributed by atoms with E-state index in [0.717, 1.165) is 0 Å². The molecule has 1 atom stereocenters. The third-order valence-corrected chi connectivity index (χ3v) is 8.78. The predicted octanol–water partition coefficient (Wildman–Crippen LogP) is 5.90. The summed E-state index contributed by atoms with van der Waals surface area (Å²) in [4.78, 5) is 31.4. The van der Waals surface area contributed by atoms with Gasteiger partial charge < -0.3 is 14.5 Å². The van der Waals surface area contributed by atoms with Gasteiger partial charge in [-0.25, -0.2) is 18.0 Å². The predicted molar refractivity (Wildman–Crippen MR) is 175 cm³/mol. The number of anilines is 1. The first kappa shape index (κ1) is 30.7. The molecule has 12 heteroatoms. The van der Waals surface area contributed by atoms with Gasteiger partial charge in [0.15, 0.2) is 0 Å². The highest BCUT2D eigenvalue weighted by Gasteiger charge is 2.25. The summed E-state index contributed by atoms with van der Waals surface area (Å²) >= 11 is 0. The number of carbonyl (C=O) groups is 1. The Bertz CT molecular complexity index is 2230. The molecule has 4 aromatic carbocycles. The minimum absolute atomic E-state index is 0.0981. The van der Waals surface area contributed by atoms with Crippen LogP contribution in [0.5, 0.6) is 5.75 Å². The number of furan rings is 1. The summed E-state index contributed by atoms with van der Waals surface area (Å²) in [5.74, 6) is -0.742. The molecule has 2 aromatic heterocycles. The van der Waals surface area contributed by atoms with Crippen LogP contribution in [0.15, 0.2) is 88.3 Å². The molecule has 0 radical (unpaired) electrons. The number of ether oxygens (including phenoxy) is 1. The van der Waals surface area contributed by atoms with Crippen molar-refractivity contribution in [1.29, 1.82) is 0 Å². The molecule has 0 aliphatic carbocycles. The Hall–Kier alpha value is -5.36. The molecule has 6 aromatic rings. The molecule has 0 fully saturated rings. The van der Waals surface area contributed by atoms with Crippen LogP contribution in [0.25, 0.3) is 44.3 Å². The van der Waals surface area contributed by atoms with E-state index in [-0.39, 0.29) is 23.4 Å². The van der Waals surface area contributed by atoms with E-state index in [0.29, 0.717) is 55.6 Å². The Labute approximate surface area is 264 Å². The first-order chi connectivity index (χ1) is 22.1. The second kappa shape index (κ2) is 12.2. The highest BCUT2D eigenvalue weighted by atomic mass is 32.2. The summed E-state index contributed by atoms with van der Waals surface area (Å²) in [6.07, 6.45) is 2.96. The molecule has 1 unspecified atom stereocenters. The quantitative estimate of drug-likeness (QED) is 0.222. The number of nitrogens with one attached hydrogen (secondary N) is 1. The van der Waals surface area contributed by atoms with Crippen molar-refractivity contribution in [2.75, 3.05) is 31.8 Å². The minimum Gasteiger partial charge on any atom is -0.496 e. The van der Waals surface area contributed by atoms with Crippen molar-refractivity contribution in [2.24, 2.45) is 0 Å². The van der Waals surface area contributed by atoms with E-state index in [9.17, 15) is 22.6 Å². The van der Waals surface area contributed by atoms with Crippen LogP contribution < -0.4 is 19.9 Å². The molecule has 0 aliphatic heterocycles. The standard InChI is InChI=1S/C34H28F2N4O5S/c1-37-33(41)31-26-15-24(28(39(2)46(4)43)16-30(26)45-32(31)19-5-9-22(35)10-6-19)20-8-12-27-25(13-20)34(42)40(18-38-27)17-21-7-11-23(36)14-29(21)44-3/h5-16,18H,17H2,1-4H3,(H,37,41). The van der Waals surface area contributed by atoms with Gasteiger partial charge in [0.1, 0.15) is 39.7 Å². The van der Waals surface area contributed by atoms with E-state index in [4.69, 9.17) is 9.15 Å². The van der Waals surface area contributed by atoms with Gasteiger partial charge in [0.2, 0.25) is 0 Å². The number of carbonyl (C=O) groups excluding carboxylic acids is 1. The zero-order chi connectivity index (χ0) is 32.7. The summed E-state index contributed by atoms with van der Waals surface area (Å²) in [5, 5.41) is 3.44. The largest absolute Gasteiger partial charge is 0.496 e. The summed E-state index contributed by atoms with van der Waals surface area (Å²) in [6, 6.07) is 18.4. The van der Waals surface area contributed by atoms with Crippen molar-refractivity contribution in [3.05, 3.63) is 112 Å². The fourth-order valence-corrected chi connectivity index (χ4v) is 5.82. The van der Waals surface area contributed by atoms with Crippen LogP contribution in [-0.2, 0) is 17.5 Å². The average Bonchev–Trinajstić information content (AvgIpc) is 3.44. The lowest BCUT2D eigenvalue weighted by Gasteiger charge is -2.20. The summed E-state index contributed by atoms with van der Waals surface area (Å²) in [6.45, 7) is 0.0981. The molecule has 0 aliphatic rings. The number of nitrogens with zero attached hydrogens (tertiary/aromatic N) is 3. The third kappa shape index (κ3) is 5.51. The highest BCUT2D eigenvalue weighted by molar-refractivity contribution is 7.85. The summed E-state index contributed by atoms with van der Waals surface area (Å²) in [7, 11) is 3.15. The normalized spacial score (nSPS) is 12.0. The monoisotopic (exact) mass is 642 g/mol. The van der Waals surface area contributed by atoms with Crippen molar-refractivity contribution >= 4 is 44.5 Å². The fourth-order valence-electron chi connectivity index (χ4n) is 5.39. The van der Waals surface area contributed by atoms with Gasteiger partial charge in [0, 0.05) is 54.6 Å². The Balaban J connectivity index is 1.56. The Morgan fingerprint density at radius 1 is 1.00 bits per heavy atom. The van der Waals surface area contributed by atoms with E-state index in [2.05, 4.69) is 10.3 Å². The number of hydrogen-bond acceptors (Lipinski definition) is 6. The van der Waals surface area contributed by atoms with Gasteiger partial charge in [-0.3, -0.25) is 18.5 Å². The molecular formula is C34H28F2N4O5S. The van der Waals surface area contributed by atoms with Gasteiger partial charge in [-0.1, -0.05) is 12.1 Å². The van der Waals surface area contributed by atoms with Crippen LogP contribution in [0.4, 0.5) is 14.5 Å². The van der Waals surface area contributed by atoms with Gasteiger partial charge >= 0.3 is 0 Å². The number of methoxy groups -OCH3 is 1. The van der Waals surface area contributed by atoms with Gasteiger partial charge in [0.05, 0.1) is 42.1 Å². The number of benzene rings is 4. The van der Waals surface area contributed by atoms with Gasteiger partial charge in [-0.2, -0.15) is 0 Å². The van der Waals surface area contributed by atoms with Crippen LogP contribution >= 0.6 is 0 Å². The smallest absolute Gasteiger partial charge is 0.261 e. The zero-order valence-corrected chi connectivity index (χ0v) is 26.1. The molecule has 0 saturated heterocycles. The van der Waals surface area contributed by atoms with Gasteiger partial charge in [-0.05, 0) is 54.1 Å². The van der Waals surface area contributed by atoms with Crippen LogP contribution in [0.3, 0.4) is 0 Å². The fraction of sp³-hybridized carbons (Fsp3) is 0.147. The molecule has 234 valence electrons. The SMILES string of the molecule is CNC(=O)c1c(-c2ccc(F)cc2)oc2cc(N(C)S(C)=O)c(-c3ccc4ncn(Cc5ccc(F)cc5OC)c(=O)c4c3)cc12. The second-order valence-corrected chi connectivity index (χ2v) is 11.9. The van der Waals surface area contributed by atoms with E-state index in [1.165, 1.54) is 67.7 Å². The topological polar surface area (TPSA) is 107 Å². The maximum Gasteiger partial charge on any atom is 0.261 e. The van der Waals surface area contributed by atoms with Crippen LogP contribution in [0.1, 0.15) is 15.9 Å². The Kier molecular flexibility index (Phi) is 8.13. The number of amides is 1. The number of halogens is 2. The van der Waals surface area contributed by atoms with Crippen LogP contribution in [0, 0.1) is 11.6 Å². The molecule has 9 nitrogen and oxygen atoms in total. The lowest BCUT2D eigenvalue weighted by atomic mass is 9.97. The van der Waals surface area contributed by atoms with E-state index >= 15 is 0 Å². The first-order valence-corrected chi connectivity index (χ1v) is 15.6. The van der Waals surface area contributed by atoms with E-state index < -0.39 is 28.5 Å². The van der Waals surface area contributed by atoms with Crippen molar-refractivity contribution in [1.82, 2.24) is 14.9 Å². The Morgan fingerprint density at radius 2 is 1.72 bits per heavy atom. The molecule has 6 rings (SSSR count). The van der Waals surface area contributed by atoms with Gasteiger partial charge in [0.25, 0.3) is 11.5 Å². The summed E-state index contributed by atoms with van der Waals surface area (Å²) < 4.78 is 54.7. The molecule has 1 N–H and O–H groups in total. The van der Waals surface area contributed by atoms with Gasteiger partial charge in [-0.15, -0.1) is 0 Å². The van der Waals surface area contributed by atoms with Crippen LogP contribution in [0.2, 0.25) is 0 Å². The number of fused-ring (bicyclic) bond motifs is 2. The molecule has 1 amide bonds. The Morgan fingerprint density at radius 3 is 2.41 bits per heavy atom. The zero-order valence-electron chi connectivity index (χ0n) is 25.3. The molecule has 0 bridgehead atoms. The highest BCUT2D eigenvalue weighted by Crippen LogP contribution is 2.41. The second-order valence-electron chi connectivity index (χ2n) is 10.5. The molecule has 0 saturated carbocycles. The molecule has 46 heavy (non-hydrogen) atoms. The number of rotatable bonds is 8. The van der Waals surface area contributed by atoms with Crippen molar-refractivity contribution in [2.45, 2.75) is 6.54 Å². The molecule has 2 heterocycles. The van der Waals surface area contributed by atoms with E-state index in [1.54, 1.807) is 47.8 Å². The first-order valence-electron chi connectivity index (χ1n) is 14.1. The molecular weight excluding hydrogens is 614 g/mol. The third-order valence-electron chi connectivity index (χ3n) is 7.82. The molecule has 0 spiro atoms. The minimum atomic E-state index is -1.44. The van der Waals surface area contributed by atoms with Crippen molar-refractivity contribution in [3.8, 4) is 28.2 Å². The number of aromatic nitrogens is 2. The lowest BCUT2D eigenvalue weighted by Crippen LogP contribution is -2.21. The maximum absolute atomic E-state index is 13.8. The average molecular weight is 643 g/mol. The van der Waals surface area contributed by atoms with Crippen LogP contribution in [-0.4, -0.2) is 47.1 Å². The number of hydrogen-bond donors (Lipinski definition) is 1. The van der Waals surface area contributed by atoms with E-state index in [1.807, 2.05) is 0 Å². The maximum atomic E-state index is 13.8. The van der Waals surface area contributed by atoms with Crippen molar-refractivity contribution in [3.63, 3.8) is 0 Å². The summed E-state index contributed by atoms with van der Waals surface area (Å²) in [5.41, 5.74) is 3.53.